The van der Waals surface area contributed by atoms with Crippen LogP contribution in [0.2, 0.25) is 0 Å². The molecule has 0 aliphatic carbocycles. The molecule has 1 atom stereocenters. The van der Waals surface area contributed by atoms with Gasteiger partial charge in [-0.15, -0.1) is 0 Å². The zero-order valence-corrected chi connectivity index (χ0v) is 16.5. The maximum absolute atomic E-state index is 13.1. The molecule has 0 fully saturated rings. The SMILES string of the molecule is CCOC(=O)C1CN(C(=O)c2ccc([N+](=O)[O-])cc2)CCc2c1[nH]c1ccccc21. The van der Waals surface area contributed by atoms with Gasteiger partial charge in [0.25, 0.3) is 11.6 Å². The molecule has 3 aromatic rings. The van der Waals surface area contributed by atoms with Crippen molar-refractivity contribution in [3.8, 4) is 0 Å². The number of fused-ring (bicyclic) bond motifs is 3. The molecule has 0 radical (unpaired) electrons. The van der Waals surface area contributed by atoms with Crippen LogP contribution >= 0.6 is 0 Å². The summed E-state index contributed by atoms with van der Waals surface area (Å²) in [6.07, 6.45) is 0.591. The van der Waals surface area contributed by atoms with E-state index in [9.17, 15) is 19.7 Å². The predicted molar refractivity (Wildman–Crippen MR) is 110 cm³/mol. The zero-order chi connectivity index (χ0) is 21.3. The van der Waals surface area contributed by atoms with Gasteiger partial charge in [0.2, 0.25) is 0 Å². The molecular formula is C22H21N3O5. The van der Waals surface area contributed by atoms with E-state index in [0.717, 1.165) is 22.2 Å². The zero-order valence-electron chi connectivity index (χ0n) is 16.5. The summed E-state index contributed by atoms with van der Waals surface area (Å²) in [7, 11) is 0. The number of hydrogen-bond donors (Lipinski definition) is 1. The van der Waals surface area contributed by atoms with Gasteiger partial charge in [-0.05, 0) is 37.1 Å². The predicted octanol–water partition coefficient (Wildman–Crippen LogP) is 3.42. The van der Waals surface area contributed by atoms with Crippen LogP contribution in [0, 0.1) is 10.1 Å². The number of carbonyl (C=O) groups excluding carboxylic acids is 2. The second-order valence-electron chi connectivity index (χ2n) is 7.17. The van der Waals surface area contributed by atoms with Gasteiger partial charge < -0.3 is 14.6 Å². The van der Waals surface area contributed by atoms with Crippen molar-refractivity contribution < 1.29 is 19.2 Å². The molecule has 8 heteroatoms. The largest absolute Gasteiger partial charge is 0.465 e. The van der Waals surface area contributed by atoms with Crippen LogP contribution in [0.5, 0.6) is 0 Å². The Bertz CT molecular complexity index is 1120. The number of rotatable bonds is 4. The Morgan fingerprint density at radius 3 is 2.63 bits per heavy atom. The van der Waals surface area contributed by atoms with E-state index in [2.05, 4.69) is 4.98 Å². The van der Waals surface area contributed by atoms with E-state index in [-0.39, 0.29) is 30.7 Å². The van der Waals surface area contributed by atoms with Crippen LogP contribution in [-0.2, 0) is 16.0 Å². The molecule has 4 rings (SSSR count). The number of H-pyrrole nitrogens is 1. The van der Waals surface area contributed by atoms with Crippen LogP contribution in [-0.4, -0.2) is 46.4 Å². The highest BCUT2D eigenvalue weighted by Crippen LogP contribution is 2.32. The number of aromatic nitrogens is 1. The average molecular weight is 407 g/mol. The first-order chi connectivity index (χ1) is 14.5. The third-order valence-corrected chi connectivity index (χ3v) is 5.41. The lowest BCUT2D eigenvalue weighted by atomic mass is 10.00. The number of carbonyl (C=O) groups is 2. The normalized spacial score (nSPS) is 16.0. The van der Waals surface area contributed by atoms with Crippen molar-refractivity contribution in [2.45, 2.75) is 19.3 Å². The van der Waals surface area contributed by atoms with Gasteiger partial charge in [0.1, 0.15) is 5.92 Å². The van der Waals surface area contributed by atoms with Gasteiger partial charge in [0.05, 0.1) is 11.5 Å². The second-order valence-corrected chi connectivity index (χ2v) is 7.17. The van der Waals surface area contributed by atoms with Crippen LogP contribution < -0.4 is 0 Å². The molecule has 1 amide bonds. The van der Waals surface area contributed by atoms with E-state index in [1.54, 1.807) is 11.8 Å². The van der Waals surface area contributed by atoms with Gasteiger partial charge in [0, 0.05) is 47.4 Å². The Labute approximate surface area is 172 Å². The Kier molecular flexibility index (Phi) is 5.22. The van der Waals surface area contributed by atoms with Crippen molar-refractivity contribution in [3.05, 3.63) is 75.5 Å². The van der Waals surface area contributed by atoms with E-state index < -0.39 is 10.8 Å². The first-order valence-electron chi connectivity index (χ1n) is 9.79. The fourth-order valence-corrected chi connectivity index (χ4v) is 3.97. The van der Waals surface area contributed by atoms with Gasteiger partial charge in [-0.2, -0.15) is 0 Å². The molecule has 1 aliphatic heterocycles. The lowest BCUT2D eigenvalue weighted by molar-refractivity contribution is -0.384. The average Bonchev–Trinajstić information content (AvgIpc) is 3.01. The molecule has 1 aliphatic rings. The topological polar surface area (TPSA) is 106 Å². The highest BCUT2D eigenvalue weighted by atomic mass is 16.6. The van der Waals surface area contributed by atoms with Crippen LogP contribution in [0.15, 0.2) is 48.5 Å². The lowest BCUT2D eigenvalue weighted by Gasteiger charge is -2.24. The van der Waals surface area contributed by atoms with Gasteiger partial charge >= 0.3 is 5.97 Å². The highest BCUT2D eigenvalue weighted by Gasteiger charge is 2.34. The van der Waals surface area contributed by atoms with E-state index >= 15 is 0 Å². The number of nitro groups is 1. The molecule has 2 aromatic carbocycles. The quantitative estimate of drug-likeness (QED) is 0.405. The Morgan fingerprint density at radius 2 is 1.93 bits per heavy atom. The number of ether oxygens (including phenoxy) is 1. The fourth-order valence-electron chi connectivity index (χ4n) is 3.97. The number of hydrogen-bond acceptors (Lipinski definition) is 5. The summed E-state index contributed by atoms with van der Waals surface area (Å²) in [4.78, 5) is 41.2. The number of para-hydroxylation sites is 1. The van der Waals surface area contributed by atoms with E-state index in [1.165, 1.54) is 24.3 Å². The number of esters is 1. The van der Waals surface area contributed by atoms with Crippen molar-refractivity contribution >= 4 is 28.5 Å². The van der Waals surface area contributed by atoms with E-state index in [0.29, 0.717) is 18.5 Å². The minimum atomic E-state index is -0.628. The summed E-state index contributed by atoms with van der Waals surface area (Å²) in [6.45, 7) is 2.61. The van der Waals surface area contributed by atoms with Gasteiger partial charge in [-0.25, -0.2) is 0 Å². The minimum Gasteiger partial charge on any atom is -0.465 e. The molecule has 1 aromatic heterocycles. The summed E-state index contributed by atoms with van der Waals surface area (Å²) in [5.41, 5.74) is 3.02. The van der Waals surface area contributed by atoms with Crippen molar-refractivity contribution in [1.82, 2.24) is 9.88 Å². The van der Waals surface area contributed by atoms with Gasteiger partial charge in [-0.1, -0.05) is 18.2 Å². The van der Waals surface area contributed by atoms with Gasteiger partial charge in [0.15, 0.2) is 0 Å². The Hall–Kier alpha value is -3.68. The van der Waals surface area contributed by atoms with E-state index in [4.69, 9.17) is 4.74 Å². The monoisotopic (exact) mass is 407 g/mol. The first kappa shape index (κ1) is 19.6. The van der Waals surface area contributed by atoms with Crippen molar-refractivity contribution in [3.63, 3.8) is 0 Å². The molecule has 0 saturated carbocycles. The number of amides is 1. The number of nitrogens with one attached hydrogen (secondary N) is 1. The molecular weight excluding hydrogens is 386 g/mol. The maximum Gasteiger partial charge on any atom is 0.316 e. The Morgan fingerprint density at radius 1 is 1.20 bits per heavy atom. The molecule has 0 saturated heterocycles. The van der Waals surface area contributed by atoms with Crippen LogP contribution in [0.4, 0.5) is 5.69 Å². The number of aromatic amines is 1. The number of non-ortho nitro benzene ring substituents is 1. The number of nitrogens with zero attached hydrogens (tertiary/aromatic N) is 2. The number of nitro benzene ring substituents is 1. The second kappa shape index (κ2) is 7.98. The van der Waals surface area contributed by atoms with Crippen LogP contribution in [0.25, 0.3) is 10.9 Å². The minimum absolute atomic E-state index is 0.0757. The maximum atomic E-state index is 13.1. The van der Waals surface area contributed by atoms with E-state index in [1.807, 2.05) is 24.3 Å². The molecule has 1 N–H and O–H groups in total. The fraction of sp³-hybridized carbons (Fsp3) is 0.273. The van der Waals surface area contributed by atoms with Crippen LogP contribution in [0.3, 0.4) is 0 Å². The molecule has 8 nitrogen and oxygen atoms in total. The highest BCUT2D eigenvalue weighted by molar-refractivity contribution is 5.95. The molecule has 1 unspecified atom stereocenters. The third kappa shape index (κ3) is 3.52. The summed E-state index contributed by atoms with van der Waals surface area (Å²) in [5.74, 6) is -1.28. The summed E-state index contributed by atoms with van der Waals surface area (Å²) < 4.78 is 5.29. The Balaban J connectivity index is 1.68. The molecule has 0 spiro atoms. The molecule has 154 valence electrons. The molecule has 0 bridgehead atoms. The van der Waals surface area contributed by atoms with Crippen molar-refractivity contribution in [2.75, 3.05) is 19.7 Å². The third-order valence-electron chi connectivity index (χ3n) is 5.41. The standard InChI is InChI=1S/C22H21N3O5/c1-2-30-22(27)18-13-24(21(26)14-7-9-15(10-8-14)25(28)29)12-11-17-16-5-3-4-6-19(16)23-20(17)18/h3-10,18,23H,2,11-13H2,1H3. The summed E-state index contributed by atoms with van der Waals surface area (Å²) in [5, 5.41) is 11.9. The summed E-state index contributed by atoms with van der Waals surface area (Å²) in [6, 6.07) is 13.3. The number of benzene rings is 2. The lowest BCUT2D eigenvalue weighted by Crippen LogP contribution is -2.37. The molecule has 2 heterocycles. The van der Waals surface area contributed by atoms with Crippen LogP contribution in [0.1, 0.15) is 34.5 Å². The molecule has 30 heavy (non-hydrogen) atoms. The smallest absolute Gasteiger partial charge is 0.316 e. The summed E-state index contributed by atoms with van der Waals surface area (Å²) >= 11 is 0. The van der Waals surface area contributed by atoms with Crippen molar-refractivity contribution in [2.24, 2.45) is 0 Å². The first-order valence-corrected chi connectivity index (χ1v) is 9.79. The van der Waals surface area contributed by atoms with Crippen molar-refractivity contribution in [1.29, 1.82) is 0 Å². The van der Waals surface area contributed by atoms with Gasteiger partial charge in [-0.3, -0.25) is 19.7 Å².